The highest BCUT2D eigenvalue weighted by molar-refractivity contribution is 5.89. The van der Waals surface area contributed by atoms with Crippen molar-refractivity contribution in [3.63, 3.8) is 0 Å². The van der Waals surface area contributed by atoms with Gasteiger partial charge in [-0.3, -0.25) is 9.78 Å². The highest BCUT2D eigenvalue weighted by Crippen LogP contribution is 2.31. The molecule has 0 spiro atoms. The average Bonchev–Trinajstić information content (AvgIpc) is 2.78. The van der Waals surface area contributed by atoms with Crippen LogP contribution in [0.1, 0.15) is 0 Å². The number of aromatic nitrogens is 4. The highest BCUT2D eigenvalue weighted by atomic mass is 16.5. The number of H-pyrrole nitrogens is 1. The van der Waals surface area contributed by atoms with Crippen LogP contribution in [0.5, 0.6) is 5.88 Å². The number of ether oxygens (including phenoxy) is 1. The number of methoxy groups -OCH3 is 1. The quantitative estimate of drug-likeness (QED) is 0.507. The molecule has 140 valence electrons. The third-order valence-electron chi connectivity index (χ3n) is 4.78. The SMILES string of the molecule is COc1cc(=O)c2nc(-c3ccc4ncccc4c3)c(-c3ccccc3)nc2[nH]1. The van der Waals surface area contributed by atoms with Gasteiger partial charge in [0.25, 0.3) is 0 Å². The molecule has 3 aromatic heterocycles. The number of hydrogen-bond donors (Lipinski definition) is 1. The minimum Gasteiger partial charge on any atom is -0.482 e. The third kappa shape index (κ3) is 3.00. The van der Waals surface area contributed by atoms with Crippen LogP contribution in [0.4, 0.5) is 0 Å². The molecule has 0 saturated carbocycles. The van der Waals surface area contributed by atoms with Crippen molar-refractivity contribution in [3.05, 3.63) is 83.2 Å². The van der Waals surface area contributed by atoms with Gasteiger partial charge >= 0.3 is 0 Å². The zero-order chi connectivity index (χ0) is 19.8. The smallest absolute Gasteiger partial charge is 0.213 e. The molecule has 0 aliphatic carbocycles. The van der Waals surface area contributed by atoms with Crippen LogP contribution in [0.2, 0.25) is 0 Å². The first-order valence-corrected chi connectivity index (χ1v) is 9.12. The monoisotopic (exact) mass is 380 g/mol. The first-order valence-electron chi connectivity index (χ1n) is 9.12. The van der Waals surface area contributed by atoms with Gasteiger partial charge in [0.05, 0.1) is 24.0 Å². The lowest BCUT2D eigenvalue weighted by Gasteiger charge is -2.11. The first kappa shape index (κ1) is 17.1. The standard InChI is InChI=1S/C23H16N4O2/c1-29-19-13-18(28)22-23(25-19)27-20(14-6-3-2-4-7-14)21(26-22)16-9-10-17-15(12-16)8-5-11-24-17/h2-13H,1H3,(H,25,27,28). The van der Waals surface area contributed by atoms with E-state index < -0.39 is 0 Å². The van der Waals surface area contributed by atoms with Gasteiger partial charge in [0.2, 0.25) is 5.43 Å². The van der Waals surface area contributed by atoms with Gasteiger partial charge in [-0.25, -0.2) is 9.97 Å². The zero-order valence-corrected chi connectivity index (χ0v) is 15.6. The molecule has 29 heavy (non-hydrogen) atoms. The van der Waals surface area contributed by atoms with Gasteiger partial charge in [-0.1, -0.05) is 42.5 Å². The Morgan fingerprint density at radius 3 is 2.52 bits per heavy atom. The summed E-state index contributed by atoms with van der Waals surface area (Å²) in [6.07, 6.45) is 1.76. The van der Waals surface area contributed by atoms with Crippen molar-refractivity contribution < 1.29 is 4.74 Å². The Morgan fingerprint density at radius 1 is 0.862 bits per heavy atom. The van der Waals surface area contributed by atoms with Crippen molar-refractivity contribution in [2.75, 3.05) is 7.11 Å². The molecule has 0 amide bonds. The largest absolute Gasteiger partial charge is 0.482 e. The van der Waals surface area contributed by atoms with E-state index in [-0.39, 0.29) is 10.9 Å². The maximum atomic E-state index is 12.6. The number of nitrogens with one attached hydrogen (secondary N) is 1. The Morgan fingerprint density at radius 2 is 1.69 bits per heavy atom. The summed E-state index contributed by atoms with van der Waals surface area (Å²) in [6.45, 7) is 0. The summed E-state index contributed by atoms with van der Waals surface area (Å²) in [5.74, 6) is 0.348. The van der Waals surface area contributed by atoms with E-state index in [0.717, 1.165) is 22.0 Å². The maximum absolute atomic E-state index is 12.6. The van der Waals surface area contributed by atoms with Crippen molar-refractivity contribution in [3.8, 4) is 28.4 Å². The van der Waals surface area contributed by atoms with Gasteiger partial charge in [-0.05, 0) is 18.2 Å². The average molecular weight is 380 g/mol. The normalized spacial score (nSPS) is 11.1. The molecule has 0 aliphatic heterocycles. The number of benzene rings is 2. The summed E-state index contributed by atoms with van der Waals surface area (Å²) in [5, 5.41) is 0.995. The van der Waals surface area contributed by atoms with Crippen molar-refractivity contribution in [2.24, 2.45) is 0 Å². The highest BCUT2D eigenvalue weighted by Gasteiger charge is 2.16. The molecule has 0 unspecified atom stereocenters. The van der Waals surface area contributed by atoms with Crippen molar-refractivity contribution in [1.29, 1.82) is 0 Å². The first-order chi connectivity index (χ1) is 14.2. The van der Waals surface area contributed by atoms with Crippen LogP contribution in [-0.4, -0.2) is 27.0 Å². The molecule has 6 nitrogen and oxygen atoms in total. The molecule has 0 saturated heterocycles. The zero-order valence-electron chi connectivity index (χ0n) is 15.6. The lowest BCUT2D eigenvalue weighted by atomic mass is 10.0. The second-order valence-corrected chi connectivity index (χ2v) is 6.60. The Balaban J connectivity index is 1.84. The van der Waals surface area contributed by atoms with Gasteiger partial charge in [0.1, 0.15) is 0 Å². The van der Waals surface area contributed by atoms with E-state index >= 15 is 0 Å². The van der Waals surface area contributed by atoms with Crippen LogP contribution in [0.15, 0.2) is 77.7 Å². The molecule has 2 aromatic carbocycles. The number of hydrogen-bond acceptors (Lipinski definition) is 5. The third-order valence-corrected chi connectivity index (χ3v) is 4.78. The number of fused-ring (bicyclic) bond motifs is 2. The minimum atomic E-state index is -0.244. The number of aromatic amines is 1. The van der Waals surface area contributed by atoms with Crippen molar-refractivity contribution >= 4 is 22.1 Å². The molecule has 3 heterocycles. The van der Waals surface area contributed by atoms with Gasteiger partial charge in [-0.2, -0.15) is 0 Å². The second kappa shape index (κ2) is 6.83. The molecule has 0 radical (unpaired) electrons. The van der Waals surface area contributed by atoms with Crippen molar-refractivity contribution in [1.82, 2.24) is 19.9 Å². The van der Waals surface area contributed by atoms with E-state index in [2.05, 4.69) is 9.97 Å². The van der Waals surface area contributed by atoms with Crippen LogP contribution in [-0.2, 0) is 0 Å². The van der Waals surface area contributed by atoms with Crippen LogP contribution in [0.25, 0.3) is 44.6 Å². The lowest BCUT2D eigenvalue weighted by molar-refractivity contribution is 0.399. The summed E-state index contributed by atoms with van der Waals surface area (Å²) in [7, 11) is 1.50. The summed E-state index contributed by atoms with van der Waals surface area (Å²) in [4.78, 5) is 29.5. The van der Waals surface area contributed by atoms with E-state index in [9.17, 15) is 4.79 Å². The second-order valence-electron chi connectivity index (χ2n) is 6.60. The van der Waals surface area contributed by atoms with Gasteiger partial charge in [0.15, 0.2) is 17.0 Å². The van der Waals surface area contributed by atoms with E-state index in [0.29, 0.717) is 22.9 Å². The van der Waals surface area contributed by atoms with E-state index in [1.165, 1.54) is 13.2 Å². The lowest BCUT2D eigenvalue weighted by Crippen LogP contribution is -2.08. The van der Waals surface area contributed by atoms with E-state index in [1.54, 1.807) is 6.20 Å². The van der Waals surface area contributed by atoms with Gasteiger partial charge in [-0.15, -0.1) is 0 Å². The fourth-order valence-electron chi connectivity index (χ4n) is 3.37. The molecule has 6 heteroatoms. The number of rotatable bonds is 3. The van der Waals surface area contributed by atoms with Crippen LogP contribution >= 0.6 is 0 Å². The minimum absolute atomic E-state index is 0.244. The Kier molecular flexibility index (Phi) is 4.02. The molecule has 5 rings (SSSR count). The Labute approximate surface area is 165 Å². The van der Waals surface area contributed by atoms with Gasteiger partial charge < -0.3 is 9.72 Å². The van der Waals surface area contributed by atoms with E-state index in [4.69, 9.17) is 14.7 Å². The fraction of sp³-hybridized carbons (Fsp3) is 0.0435. The van der Waals surface area contributed by atoms with Crippen LogP contribution < -0.4 is 10.2 Å². The summed E-state index contributed by atoms with van der Waals surface area (Å²) in [5.41, 5.74) is 4.42. The summed E-state index contributed by atoms with van der Waals surface area (Å²) < 4.78 is 5.18. The number of nitrogens with zero attached hydrogens (tertiary/aromatic N) is 3. The predicted octanol–water partition coefficient (Wildman–Crippen LogP) is 4.21. The van der Waals surface area contributed by atoms with Crippen molar-refractivity contribution in [2.45, 2.75) is 0 Å². The molecular formula is C23H16N4O2. The molecule has 0 atom stereocenters. The van der Waals surface area contributed by atoms with Crippen LogP contribution in [0, 0.1) is 0 Å². The predicted molar refractivity (Wildman–Crippen MR) is 113 cm³/mol. The summed E-state index contributed by atoms with van der Waals surface area (Å²) >= 11 is 0. The topological polar surface area (TPSA) is 80.8 Å². The summed E-state index contributed by atoms with van der Waals surface area (Å²) in [6, 6.07) is 21.0. The van der Waals surface area contributed by atoms with E-state index in [1.807, 2.05) is 60.7 Å². The molecular weight excluding hydrogens is 364 g/mol. The van der Waals surface area contributed by atoms with Gasteiger partial charge in [0, 0.05) is 28.8 Å². The number of pyridine rings is 2. The van der Waals surface area contributed by atoms with Crippen LogP contribution in [0.3, 0.4) is 0 Å². The Bertz CT molecular complexity index is 1410. The molecule has 5 aromatic rings. The molecule has 0 aliphatic rings. The molecule has 0 bridgehead atoms. The fourth-order valence-corrected chi connectivity index (χ4v) is 3.37. The maximum Gasteiger partial charge on any atom is 0.213 e. The molecule has 0 fully saturated rings. The Hall–Kier alpha value is -4.06. The molecule has 1 N–H and O–H groups in total.